The number of rotatable bonds is 4. The number of hydrogen-bond acceptors (Lipinski definition) is 3. The third-order valence-electron chi connectivity index (χ3n) is 3.82. The fraction of sp³-hybridized carbons (Fsp3) is 0.600. The average Bonchev–Trinajstić information content (AvgIpc) is 2.39. The molecule has 1 aromatic carbocycles. The lowest BCUT2D eigenvalue weighted by Gasteiger charge is -2.33. The van der Waals surface area contributed by atoms with E-state index < -0.39 is 6.10 Å². The van der Waals surface area contributed by atoms with Gasteiger partial charge < -0.3 is 14.7 Å². The van der Waals surface area contributed by atoms with E-state index in [1.165, 1.54) is 18.5 Å². The Balaban J connectivity index is 2.02. The summed E-state index contributed by atoms with van der Waals surface area (Å²) in [6.45, 7) is 4.82. The molecule has 0 amide bonds. The summed E-state index contributed by atoms with van der Waals surface area (Å²) in [4.78, 5) is 2.41. The molecule has 3 nitrogen and oxygen atoms in total. The van der Waals surface area contributed by atoms with Crippen molar-refractivity contribution in [1.29, 1.82) is 0 Å². The first kappa shape index (κ1) is 14.8. The molecule has 2 rings (SSSR count). The van der Waals surface area contributed by atoms with Gasteiger partial charge in [-0.3, -0.25) is 0 Å². The Kier molecular flexibility index (Phi) is 5.25. The van der Waals surface area contributed by atoms with Crippen LogP contribution in [-0.2, 0) is 4.74 Å². The number of methoxy groups -OCH3 is 1. The molecule has 1 heterocycles. The minimum Gasteiger partial charge on any atom is -0.389 e. The molecule has 1 aliphatic heterocycles. The van der Waals surface area contributed by atoms with Gasteiger partial charge in [0.1, 0.15) is 0 Å². The minimum atomic E-state index is -0.434. The maximum atomic E-state index is 9.64. The Morgan fingerprint density at radius 2 is 2.11 bits per heavy atom. The van der Waals surface area contributed by atoms with Crippen LogP contribution < -0.4 is 4.90 Å². The van der Waals surface area contributed by atoms with E-state index in [2.05, 4.69) is 33.0 Å². The Morgan fingerprint density at radius 1 is 1.42 bits per heavy atom. The van der Waals surface area contributed by atoms with Gasteiger partial charge in [-0.05, 0) is 43.4 Å². The lowest BCUT2D eigenvalue weighted by atomic mass is 9.97. The first-order valence-corrected chi connectivity index (χ1v) is 7.62. The summed E-state index contributed by atoms with van der Waals surface area (Å²) < 4.78 is 6.21. The number of benzene rings is 1. The van der Waals surface area contributed by atoms with Crippen molar-refractivity contribution in [2.45, 2.75) is 25.9 Å². The van der Waals surface area contributed by atoms with Crippen molar-refractivity contribution in [1.82, 2.24) is 0 Å². The summed E-state index contributed by atoms with van der Waals surface area (Å²) in [6, 6.07) is 6.22. The van der Waals surface area contributed by atoms with Crippen molar-refractivity contribution in [2.24, 2.45) is 5.92 Å². The van der Waals surface area contributed by atoms with Crippen LogP contribution in [0, 0.1) is 5.92 Å². The molecule has 0 unspecified atom stereocenters. The topological polar surface area (TPSA) is 32.7 Å². The van der Waals surface area contributed by atoms with E-state index in [1.54, 1.807) is 14.0 Å². The zero-order chi connectivity index (χ0) is 13.8. The number of anilines is 1. The minimum absolute atomic E-state index is 0.434. The van der Waals surface area contributed by atoms with Crippen molar-refractivity contribution >= 4 is 21.6 Å². The predicted molar refractivity (Wildman–Crippen MR) is 81.6 cm³/mol. The van der Waals surface area contributed by atoms with E-state index >= 15 is 0 Å². The van der Waals surface area contributed by atoms with Gasteiger partial charge in [-0.1, -0.05) is 22.0 Å². The number of aliphatic hydroxyl groups excluding tert-OH is 1. The van der Waals surface area contributed by atoms with Gasteiger partial charge in [-0.15, -0.1) is 0 Å². The van der Waals surface area contributed by atoms with E-state index in [9.17, 15) is 5.11 Å². The molecule has 0 radical (unpaired) electrons. The number of halogens is 1. The second-order valence-corrected chi connectivity index (χ2v) is 6.12. The number of ether oxygens (including phenoxy) is 1. The van der Waals surface area contributed by atoms with Gasteiger partial charge in [-0.2, -0.15) is 0 Å². The highest BCUT2D eigenvalue weighted by Gasteiger charge is 2.20. The lowest BCUT2D eigenvalue weighted by molar-refractivity contribution is 0.139. The van der Waals surface area contributed by atoms with Crippen LogP contribution in [0.5, 0.6) is 0 Å². The smallest absolute Gasteiger partial charge is 0.0772 e. The Morgan fingerprint density at radius 3 is 2.63 bits per heavy atom. The molecule has 0 spiro atoms. The van der Waals surface area contributed by atoms with Crippen LogP contribution in [-0.4, -0.2) is 31.9 Å². The Hall–Kier alpha value is -0.580. The molecule has 0 aliphatic carbocycles. The van der Waals surface area contributed by atoms with Gasteiger partial charge in [0.25, 0.3) is 0 Å². The van der Waals surface area contributed by atoms with Crippen molar-refractivity contribution in [3.05, 3.63) is 28.2 Å². The second-order valence-electron chi connectivity index (χ2n) is 5.27. The molecule has 0 aromatic heterocycles. The van der Waals surface area contributed by atoms with Gasteiger partial charge in [0, 0.05) is 37.0 Å². The summed E-state index contributed by atoms with van der Waals surface area (Å²) in [5.41, 5.74) is 2.17. The number of hydrogen-bond donors (Lipinski definition) is 1. The zero-order valence-corrected chi connectivity index (χ0v) is 13.2. The molecule has 106 valence electrons. The van der Waals surface area contributed by atoms with Gasteiger partial charge in [0.2, 0.25) is 0 Å². The molecule has 1 saturated heterocycles. The Bertz CT molecular complexity index is 415. The first-order chi connectivity index (χ1) is 9.11. The molecular weight excluding hydrogens is 306 g/mol. The summed E-state index contributed by atoms with van der Waals surface area (Å²) in [5.74, 6) is 0.696. The zero-order valence-electron chi connectivity index (χ0n) is 11.6. The highest BCUT2D eigenvalue weighted by molar-refractivity contribution is 9.10. The molecule has 1 aromatic rings. The number of aliphatic hydroxyl groups is 1. The maximum Gasteiger partial charge on any atom is 0.0772 e. The number of nitrogens with zero attached hydrogens (tertiary/aromatic N) is 1. The predicted octanol–water partition coefficient (Wildman–Crippen LogP) is 3.37. The number of piperidine rings is 1. The third kappa shape index (κ3) is 3.71. The SMILES string of the molecule is COCC1CCN(c2ccc([C@@H](C)O)c(Br)c2)CC1. The summed E-state index contributed by atoms with van der Waals surface area (Å²) in [7, 11) is 1.78. The van der Waals surface area contributed by atoms with E-state index in [0.29, 0.717) is 5.92 Å². The summed E-state index contributed by atoms with van der Waals surface area (Å²) in [5, 5.41) is 9.64. The van der Waals surface area contributed by atoms with Crippen LogP contribution in [0.3, 0.4) is 0 Å². The molecule has 1 atom stereocenters. The molecule has 19 heavy (non-hydrogen) atoms. The second kappa shape index (κ2) is 6.73. The van der Waals surface area contributed by atoms with E-state index in [-0.39, 0.29) is 0 Å². The van der Waals surface area contributed by atoms with E-state index in [4.69, 9.17) is 4.74 Å². The van der Waals surface area contributed by atoms with Crippen LogP contribution in [0.1, 0.15) is 31.4 Å². The largest absolute Gasteiger partial charge is 0.389 e. The molecule has 1 aliphatic rings. The Labute approximate surface area is 123 Å². The van der Waals surface area contributed by atoms with Gasteiger partial charge >= 0.3 is 0 Å². The normalized spacial score (nSPS) is 18.6. The molecule has 1 N–H and O–H groups in total. The highest BCUT2D eigenvalue weighted by Crippen LogP contribution is 2.30. The van der Waals surface area contributed by atoms with Gasteiger partial charge in [0.15, 0.2) is 0 Å². The molecule has 0 bridgehead atoms. The van der Waals surface area contributed by atoms with Gasteiger partial charge in [-0.25, -0.2) is 0 Å². The standard InChI is InChI=1S/C15H22BrNO2/c1-11(18)14-4-3-13(9-15(14)16)17-7-5-12(6-8-17)10-19-2/h3-4,9,11-12,18H,5-8,10H2,1-2H3/t11-/m1/s1. The van der Waals surface area contributed by atoms with Crippen LogP contribution in [0.25, 0.3) is 0 Å². The lowest BCUT2D eigenvalue weighted by Crippen LogP contribution is -2.35. The quantitative estimate of drug-likeness (QED) is 0.920. The van der Waals surface area contributed by atoms with E-state index in [1.807, 2.05) is 6.07 Å². The molecule has 0 saturated carbocycles. The molecule has 4 heteroatoms. The van der Waals surface area contributed by atoms with Crippen LogP contribution in [0.15, 0.2) is 22.7 Å². The van der Waals surface area contributed by atoms with Crippen LogP contribution in [0.4, 0.5) is 5.69 Å². The molecule has 1 fully saturated rings. The average molecular weight is 328 g/mol. The van der Waals surface area contributed by atoms with Crippen molar-refractivity contribution in [3.8, 4) is 0 Å². The monoisotopic (exact) mass is 327 g/mol. The maximum absolute atomic E-state index is 9.64. The fourth-order valence-corrected chi connectivity index (χ4v) is 3.34. The summed E-state index contributed by atoms with van der Waals surface area (Å²) in [6.07, 6.45) is 1.93. The third-order valence-corrected chi connectivity index (χ3v) is 4.50. The van der Waals surface area contributed by atoms with Crippen molar-refractivity contribution in [2.75, 3.05) is 31.7 Å². The van der Waals surface area contributed by atoms with Crippen LogP contribution >= 0.6 is 15.9 Å². The van der Waals surface area contributed by atoms with E-state index in [0.717, 1.165) is 29.7 Å². The first-order valence-electron chi connectivity index (χ1n) is 6.83. The fourth-order valence-electron chi connectivity index (χ4n) is 2.65. The summed E-state index contributed by atoms with van der Waals surface area (Å²) >= 11 is 3.54. The van der Waals surface area contributed by atoms with Crippen molar-refractivity contribution < 1.29 is 9.84 Å². The van der Waals surface area contributed by atoms with Crippen LogP contribution in [0.2, 0.25) is 0 Å². The van der Waals surface area contributed by atoms with Gasteiger partial charge in [0.05, 0.1) is 6.10 Å². The van der Waals surface area contributed by atoms with Crippen molar-refractivity contribution in [3.63, 3.8) is 0 Å². The molecular formula is C15H22BrNO2. The highest BCUT2D eigenvalue weighted by atomic mass is 79.9.